The topological polar surface area (TPSA) is 57.6 Å². The predicted octanol–water partition coefficient (Wildman–Crippen LogP) is 1.32. The lowest BCUT2D eigenvalue weighted by molar-refractivity contribution is -0.141. The Hall–Kier alpha value is -1.91. The van der Waals surface area contributed by atoms with Crippen molar-refractivity contribution in [2.45, 2.75) is 18.6 Å². The standard InChI is InChI=1S/C12H12FNO3/c13-9-6-10(12(16)17)14(7-9)11(15)8-4-2-1-3-5-8/h1-5,9-10H,6-7H2,(H,16,17)/t9?,10-/m0/s1. The number of carboxylic acid groups (broad SMARTS) is 1. The quantitative estimate of drug-likeness (QED) is 0.844. The average Bonchev–Trinajstić information content (AvgIpc) is 2.72. The van der Waals surface area contributed by atoms with E-state index in [1.807, 2.05) is 0 Å². The molecule has 1 aromatic carbocycles. The zero-order valence-corrected chi connectivity index (χ0v) is 9.04. The normalized spacial score (nSPS) is 23.7. The lowest BCUT2D eigenvalue weighted by atomic mass is 10.1. The Bertz CT molecular complexity index is 435. The summed E-state index contributed by atoms with van der Waals surface area (Å²) in [6.45, 7) is -0.148. The highest BCUT2D eigenvalue weighted by molar-refractivity contribution is 5.97. The fraction of sp³-hybridized carbons (Fsp3) is 0.333. The van der Waals surface area contributed by atoms with Crippen LogP contribution in [-0.4, -0.2) is 40.6 Å². The highest BCUT2D eigenvalue weighted by atomic mass is 19.1. The molecule has 1 aliphatic rings. The molecule has 17 heavy (non-hydrogen) atoms. The highest BCUT2D eigenvalue weighted by Gasteiger charge is 2.39. The third kappa shape index (κ3) is 2.27. The number of carbonyl (C=O) groups is 2. The van der Waals surface area contributed by atoms with Crippen molar-refractivity contribution >= 4 is 11.9 Å². The van der Waals surface area contributed by atoms with Crippen molar-refractivity contribution in [3.63, 3.8) is 0 Å². The summed E-state index contributed by atoms with van der Waals surface area (Å²) in [7, 11) is 0. The SMILES string of the molecule is O=C(O)[C@@H]1CC(F)CN1C(=O)c1ccccc1. The summed E-state index contributed by atoms with van der Waals surface area (Å²) in [4.78, 5) is 24.0. The van der Waals surface area contributed by atoms with Crippen molar-refractivity contribution in [3.05, 3.63) is 35.9 Å². The van der Waals surface area contributed by atoms with E-state index in [2.05, 4.69) is 0 Å². The number of carbonyl (C=O) groups excluding carboxylic acids is 1. The molecule has 1 unspecified atom stereocenters. The second-order valence-electron chi connectivity index (χ2n) is 4.01. The van der Waals surface area contributed by atoms with E-state index in [4.69, 9.17) is 5.11 Å². The first-order chi connectivity index (χ1) is 8.09. The van der Waals surface area contributed by atoms with Crippen molar-refractivity contribution < 1.29 is 19.1 Å². The minimum Gasteiger partial charge on any atom is -0.480 e. The maximum atomic E-state index is 13.2. The molecule has 2 atom stereocenters. The molecule has 0 aromatic heterocycles. The van der Waals surface area contributed by atoms with Gasteiger partial charge in [-0.1, -0.05) is 18.2 Å². The molecule has 1 fully saturated rings. The lowest BCUT2D eigenvalue weighted by Crippen LogP contribution is -2.40. The lowest BCUT2D eigenvalue weighted by Gasteiger charge is -2.20. The van der Waals surface area contributed by atoms with Gasteiger partial charge in [0, 0.05) is 12.0 Å². The zero-order chi connectivity index (χ0) is 12.4. The molecule has 1 heterocycles. The molecule has 1 N–H and O–H groups in total. The summed E-state index contributed by atoms with van der Waals surface area (Å²) in [5.74, 6) is -1.59. The van der Waals surface area contributed by atoms with E-state index in [-0.39, 0.29) is 13.0 Å². The third-order valence-electron chi connectivity index (χ3n) is 2.82. The Morgan fingerprint density at radius 2 is 1.94 bits per heavy atom. The summed E-state index contributed by atoms with van der Waals surface area (Å²) in [5, 5.41) is 8.94. The Morgan fingerprint density at radius 3 is 2.53 bits per heavy atom. The van der Waals surface area contributed by atoms with Gasteiger partial charge in [0.05, 0.1) is 6.54 Å². The number of carboxylic acids is 1. The molecule has 1 saturated heterocycles. The minimum absolute atomic E-state index is 0.131. The molecule has 0 saturated carbocycles. The van der Waals surface area contributed by atoms with Gasteiger partial charge in [-0.25, -0.2) is 9.18 Å². The summed E-state index contributed by atoms with van der Waals surface area (Å²) in [5.41, 5.74) is 0.382. The van der Waals surface area contributed by atoms with Crippen LogP contribution in [0.2, 0.25) is 0 Å². The number of alkyl halides is 1. The largest absolute Gasteiger partial charge is 0.480 e. The van der Waals surface area contributed by atoms with Crippen molar-refractivity contribution in [1.82, 2.24) is 4.90 Å². The average molecular weight is 237 g/mol. The van der Waals surface area contributed by atoms with E-state index in [0.29, 0.717) is 5.56 Å². The molecule has 1 aromatic rings. The van der Waals surface area contributed by atoms with Gasteiger partial charge in [0.15, 0.2) is 0 Å². The second-order valence-corrected chi connectivity index (χ2v) is 4.01. The molecule has 4 nitrogen and oxygen atoms in total. The van der Waals surface area contributed by atoms with Gasteiger partial charge >= 0.3 is 5.97 Å². The van der Waals surface area contributed by atoms with Crippen LogP contribution >= 0.6 is 0 Å². The van der Waals surface area contributed by atoms with Gasteiger partial charge in [0.25, 0.3) is 5.91 Å². The number of halogens is 1. The Kier molecular flexibility index (Phi) is 3.08. The second kappa shape index (κ2) is 4.53. The number of likely N-dealkylation sites (tertiary alicyclic amines) is 1. The van der Waals surface area contributed by atoms with Crippen LogP contribution in [0.1, 0.15) is 16.8 Å². The monoisotopic (exact) mass is 237 g/mol. The van der Waals surface area contributed by atoms with Crippen LogP contribution in [-0.2, 0) is 4.79 Å². The zero-order valence-electron chi connectivity index (χ0n) is 9.04. The van der Waals surface area contributed by atoms with Crippen LogP contribution in [0.15, 0.2) is 30.3 Å². The van der Waals surface area contributed by atoms with E-state index in [1.165, 1.54) is 0 Å². The maximum absolute atomic E-state index is 13.2. The highest BCUT2D eigenvalue weighted by Crippen LogP contribution is 2.22. The summed E-state index contributed by atoms with van der Waals surface area (Å²) in [6.07, 6.45) is -1.39. The van der Waals surface area contributed by atoms with Gasteiger partial charge in [0.2, 0.25) is 0 Å². The minimum atomic E-state index is -1.26. The van der Waals surface area contributed by atoms with E-state index in [0.717, 1.165) is 4.90 Å². The Labute approximate surface area is 97.7 Å². The number of benzene rings is 1. The molecule has 5 heteroatoms. The number of hydrogen-bond acceptors (Lipinski definition) is 2. The molecule has 1 aliphatic heterocycles. The summed E-state index contributed by atoms with van der Waals surface area (Å²) >= 11 is 0. The fourth-order valence-corrected chi connectivity index (χ4v) is 1.99. The van der Waals surface area contributed by atoms with E-state index in [1.54, 1.807) is 30.3 Å². The third-order valence-corrected chi connectivity index (χ3v) is 2.82. The van der Waals surface area contributed by atoms with E-state index < -0.39 is 24.1 Å². The van der Waals surface area contributed by atoms with Crippen molar-refractivity contribution in [2.24, 2.45) is 0 Å². The first-order valence-electron chi connectivity index (χ1n) is 5.32. The molecule has 1 amide bonds. The summed E-state index contributed by atoms with van der Waals surface area (Å²) < 4.78 is 13.2. The number of nitrogens with zero attached hydrogens (tertiary/aromatic N) is 1. The molecular weight excluding hydrogens is 225 g/mol. The number of amides is 1. The van der Waals surface area contributed by atoms with Crippen LogP contribution in [0.4, 0.5) is 4.39 Å². The summed E-state index contributed by atoms with van der Waals surface area (Å²) in [6, 6.07) is 7.25. The molecular formula is C12H12FNO3. The van der Waals surface area contributed by atoms with Gasteiger partial charge < -0.3 is 10.0 Å². The molecule has 0 radical (unpaired) electrons. The van der Waals surface area contributed by atoms with E-state index >= 15 is 0 Å². The van der Waals surface area contributed by atoms with Crippen LogP contribution < -0.4 is 0 Å². The first kappa shape index (κ1) is 11.6. The van der Waals surface area contributed by atoms with Crippen molar-refractivity contribution in [2.75, 3.05) is 6.54 Å². The molecule has 0 spiro atoms. The maximum Gasteiger partial charge on any atom is 0.326 e. The van der Waals surface area contributed by atoms with Gasteiger partial charge in [-0.15, -0.1) is 0 Å². The molecule has 0 aliphatic carbocycles. The van der Waals surface area contributed by atoms with Gasteiger partial charge in [0.1, 0.15) is 12.2 Å². The molecule has 90 valence electrons. The molecule has 2 rings (SSSR count). The van der Waals surface area contributed by atoms with Crippen LogP contribution in [0.3, 0.4) is 0 Å². The van der Waals surface area contributed by atoms with Crippen LogP contribution in [0.5, 0.6) is 0 Å². The van der Waals surface area contributed by atoms with Gasteiger partial charge in [-0.2, -0.15) is 0 Å². The van der Waals surface area contributed by atoms with Gasteiger partial charge in [-0.3, -0.25) is 4.79 Å². The van der Waals surface area contributed by atoms with Crippen LogP contribution in [0.25, 0.3) is 0 Å². The molecule has 0 bridgehead atoms. The predicted molar refractivity (Wildman–Crippen MR) is 58.4 cm³/mol. The van der Waals surface area contributed by atoms with E-state index in [9.17, 15) is 14.0 Å². The smallest absolute Gasteiger partial charge is 0.326 e. The number of aliphatic carboxylic acids is 1. The number of rotatable bonds is 2. The Morgan fingerprint density at radius 1 is 1.29 bits per heavy atom. The first-order valence-corrected chi connectivity index (χ1v) is 5.32. The van der Waals surface area contributed by atoms with Crippen molar-refractivity contribution in [3.8, 4) is 0 Å². The fourth-order valence-electron chi connectivity index (χ4n) is 1.99. The van der Waals surface area contributed by atoms with Crippen LogP contribution in [0, 0.1) is 0 Å². The van der Waals surface area contributed by atoms with Crippen molar-refractivity contribution in [1.29, 1.82) is 0 Å². The number of hydrogen-bond donors (Lipinski definition) is 1. The Balaban J connectivity index is 2.22. The van der Waals surface area contributed by atoms with Gasteiger partial charge in [-0.05, 0) is 12.1 Å².